The summed E-state index contributed by atoms with van der Waals surface area (Å²) in [5.41, 5.74) is 7.21. The first-order valence-electron chi connectivity index (χ1n) is 5.66. The lowest BCUT2D eigenvalue weighted by Gasteiger charge is -2.37. The minimum atomic E-state index is 0.203. The van der Waals surface area contributed by atoms with Crippen LogP contribution in [0.15, 0.2) is 5.38 Å². The molecule has 0 saturated carbocycles. The van der Waals surface area contributed by atoms with E-state index in [1.165, 1.54) is 0 Å². The zero-order valence-corrected chi connectivity index (χ0v) is 11.8. The Hall–Kier alpha value is -0.450. The van der Waals surface area contributed by atoms with Gasteiger partial charge in [0.15, 0.2) is 0 Å². The van der Waals surface area contributed by atoms with Crippen LogP contribution in [-0.2, 0) is 6.54 Å². The maximum absolute atomic E-state index is 5.86. The summed E-state index contributed by atoms with van der Waals surface area (Å²) in [6, 6.07) is 0.384. The van der Waals surface area contributed by atoms with Crippen LogP contribution in [-0.4, -0.2) is 29.5 Å². The number of hydrogen-bond acceptors (Lipinski definition) is 4. The Bertz CT molecular complexity index is 327. The molecule has 0 radical (unpaired) electrons. The molecule has 1 aromatic heterocycles. The van der Waals surface area contributed by atoms with Gasteiger partial charge in [0.2, 0.25) is 0 Å². The van der Waals surface area contributed by atoms with Crippen molar-refractivity contribution in [2.45, 2.75) is 40.3 Å². The lowest BCUT2D eigenvalue weighted by atomic mass is 9.86. The Balaban J connectivity index is 2.66. The molecule has 0 bridgehead atoms. The van der Waals surface area contributed by atoms with Crippen LogP contribution < -0.4 is 5.73 Å². The van der Waals surface area contributed by atoms with Gasteiger partial charge in [0.1, 0.15) is 0 Å². The molecule has 1 heterocycles. The Morgan fingerprint density at radius 3 is 2.50 bits per heavy atom. The van der Waals surface area contributed by atoms with Crippen LogP contribution in [0.5, 0.6) is 0 Å². The molecule has 0 aliphatic carbocycles. The van der Waals surface area contributed by atoms with Crippen molar-refractivity contribution < 1.29 is 0 Å². The largest absolute Gasteiger partial charge is 0.329 e. The summed E-state index contributed by atoms with van der Waals surface area (Å²) < 4.78 is 0. The van der Waals surface area contributed by atoms with E-state index in [9.17, 15) is 0 Å². The second-order valence-electron chi connectivity index (χ2n) is 5.39. The van der Waals surface area contributed by atoms with Crippen molar-refractivity contribution in [1.29, 1.82) is 0 Å². The molecule has 4 heteroatoms. The van der Waals surface area contributed by atoms with E-state index in [1.54, 1.807) is 11.3 Å². The minimum absolute atomic E-state index is 0.203. The van der Waals surface area contributed by atoms with Gasteiger partial charge < -0.3 is 5.73 Å². The molecule has 92 valence electrons. The van der Waals surface area contributed by atoms with Crippen molar-refractivity contribution in [3.05, 3.63) is 16.1 Å². The molecule has 0 amide bonds. The molecule has 0 spiro atoms. The highest BCUT2D eigenvalue weighted by atomic mass is 32.1. The van der Waals surface area contributed by atoms with E-state index in [1.807, 2.05) is 6.92 Å². The van der Waals surface area contributed by atoms with Gasteiger partial charge in [-0.15, -0.1) is 11.3 Å². The topological polar surface area (TPSA) is 42.2 Å². The second kappa shape index (κ2) is 5.25. The van der Waals surface area contributed by atoms with Crippen molar-refractivity contribution in [2.24, 2.45) is 11.1 Å². The van der Waals surface area contributed by atoms with Crippen molar-refractivity contribution in [2.75, 3.05) is 13.6 Å². The maximum Gasteiger partial charge on any atom is 0.0897 e. The summed E-state index contributed by atoms with van der Waals surface area (Å²) in [5, 5.41) is 3.26. The highest BCUT2D eigenvalue weighted by molar-refractivity contribution is 7.09. The zero-order valence-electron chi connectivity index (χ0n) is 10.9. The number of aromatic nitrogens is 1. The standard InChI is InChI=1S/C12H23N3S/c1-9-14-10(8-16-9)7-15(5)11(6-13)12(2,3)4/h8,11H,6-7,13H2,1-5H3. The normalized spacial score (nSPS) is 14.4. The van der Waals surface area contributed by atoms with Gasteiger partial charge in [-0.2, -0.15) is 0 Å². The fourth-order valence-corrected chi connectivity index (χ4v) is 2.65. The van der Waals surface area contributed by atoms with Crippen molar-refractivity contribution in [3.63, 3.8) is 0 Å². The molecular formula is C12H23N3S. The first-order valence-corrected chi connectivity index (χ1v) is 6.54. The number of thiazole rings is 1. The van der Waals surface area contributed by atoms with Gasteiger partial charge in [-0.05, 0) is 19.4 Å². The Morgan fingerprint density at radius 2 is 2.12 bits per heavy atom. The molecule has 0 fully saturated rings. The van der Waals surface area contributed by atoms with Gasteiger partial charge in [-0.1, -0.05) is 20.8 Å². The SMILES string of the molecule is Cc1nc(CN(C)C(CN)C(C)(C)C)cs1. The van der Waals surface area contributed by atoms with Crippen LogP contribution in [0.25, 0.3) is 0 Å². The number of aryl methyl sites for hydroxylation is 1. The second-order valence-corrected chi connectivity index (χ2v) is 6.45. The number of hydrogen-bond donors (Lipinski definition) is 1. The number of rotatable bonds is 4. The monoisotopic (exact) mass is 241 g/mol. The van der Waals surface area contributed by atoms with Crippen molar-refractivity contribution in [3.8, 4) is 0 Å². The third-order valence-electron chi connectivity index (χ3n) is 2.83. The smallest absolute Gasteiger partial charge is 0.0897 e. The zero-order chi connectivity index (χ0) is 12.3. The molecule has 16 heavy (non-hydrogen) atoms. The lowest BCUT2D eigenvalue weighted by Crippen LogP contribution is -2.46. The van der Waals surface area contributed by atoms with E-state index < -0.39 is 0 Å². The Kier molecular flexibility index (Phi) is 4.47. The fraction of sp³-hybridized carbons (Fsp3) is 0.750. The van der Waals surface area contributed by atoms with Crippen molar-refractivity contribution >= 4 is 11.3 Å². The minimum Gasteiger partial charge on any atom is -0.329 e. The summed E-state index contributed by atoms with van der Waals surface area (Å²) >= 11 is 1.70. The molecule has 1 rings (SSSR count). The molecule has 3 nitrogen and oxygen atoms in total. The highest BCUT2D eigenvalue weighted by Gasteiger charge is 2.27. The van der Waals surface area contributed by atoms with E-state index in [0.717, 1.165) is 17.2 Å². The first kappa shape index (κ1) is 13.6. The predicted octanol–water partition coefficient (Wildman–Crippen LogP) is 2.26. The maximum atomic E-state index is 5.86. The van der Waals surface area contributed by atoms with Gasteiger partial charge in [0, 0.05) is 24.5 Å². The van der Waals surface area contributed by atoms with Crippen LogP contribution >= 0.6 is 11.3 Å². The van der Waals surface area contributed by atoms with E-state index in [0.29, 0.717) is 12.6 Å². The van der Waals surface area contributed by atoms with Crippen LogP contribution in [0, 0.1) is 12.3 Å². The van der Waals surface area contributed by atoms with Crippen LogP contribution in [0.4, 0.5) is 0 Å². The number of nitrogens with zero attached hydrogens (tertiary/aromatic N) is 2. The van der Waals surface area contributed by atoms with Crippen LogP contribution in [0.3, 0.4) is 0 Å². The summed E-state index contributed by atoms with van der Waals surface area (Å²) in [6.07, 6.45) is 0. The summed E-state index contributed by atoms with van der Waals surface area (Å²) in [4.78, 5) is 6.79. The average Bonchev–Trinajstić information content (AvgIpc) is 2.49. The third kappa shape index (κ3) is 3.54. The molecule has 0 aromatic carbocycles. The van der Waals surface area contributed by atoms with Gasteiger partial charge in [0.25, 0.3) is 0 Å². The molecule has 1 unspecified atom stereocenters. The van der Waals surface area contributed by atoms with Gasteiger partial charge >= 0.3 is 0 Å². The van der Waals surface area contributed by atoms with Gasteiger partial charge in [-0.3, -0.25) is 4.90 Å². The highest BCUT2D eigenvalue weighted by Crippen LogP contribution is 2.24. The molecular weight excluding hydrogens is 218 g/mol. The molecule has 1 atom stereocenters. The molecule has 2 N–H and O–H groups in total. The summed E-state index contributed by atoms with van der Waals surface area (Å²) in [5.74, 6) is 0. The molecule has 1 aromatic rings. The van der Waals surface area contributed by atoms with Crippen molar-refractivity contribution in [1.82, 2.24) is 9.88 Å². The van der Waals surface area contributed by atoms with E-state index in [-0.39, 0.29) is 5.41 Å². The first-order chi connectivity index (χ1) is 7.34. The number of likely N-dealkylation sites (N-methyl/N-ethyl adjacent to an activating group) is 1. The average molecular weight is 241 g/mol. The number of nitrogens with two attached hydrogens (primary N) is 1. The van der Waals surface area contributed by atoms with E-state index in [4.69, 9.17) is 5.73 Å². The van der Waals surface area contributed by atoms with Gasteiger partial charge in [0.05, 0.1) is 10.7 Å². The third-order valence-corrected chi connectivity index (χ3v) is 3.66. The van der Waals surface area contributed by atoms with Gasteiger partial charge in [-0.25, -0.2) is 4.98 Å². The van der Waals surface area contributed by atoms with E-state index in [2.05, 4.69) is 43.1 Å². The Morgan fingerprint density at radius 1 is 1.50 bits per heavy atom. The predicted molar refractivity (Wildman–Crippen MR) is 70.6 cm³/mol. The fourth-order valence-electron chi connectivity index (χ4n) is 2.04. The molecule has 0 saturated heterocycles. The van der Waals surface area contributed by atoms with Crippen LogP contribution in [0.2, 0.25) is 0 Å². The Labute approximate surface area is 103 Å². The molecule has 0 aliphatic rings. The lowest BCUT2D eigenvalue weighted by molar-refractivity contribution is 0.124. The quantitative estimate of drug-likeness (QED) is 0.879. The molecule has 0 aliphatic heterocycles. The van der Waals surface area contributed by atoms with E-state index >= 15 is 0 Å². The van der Waals surface area contributed by atoms with Crippen LogP contribution in [0.1, 0.15) is 31.5 Å². The summed E-state index contributed by atoms with van der Waals surface area (Å²) in [7, 11) is 2.12. The summed E-state index contributed by atoms with van der Waals surface area (Å²) in [6.45, 7) is 10.3.